The summed E-state index contributed by atoms with van der Waals surface area (Å²) in [5.41, 5.74) is 0.0171. The maximum atomic E-state index is 13.2. The smallest absolute Gasteiger partial charge is 0.262 e. The van der Waals surface area contributed by atoms with Crippen LogP contribution in [-0.4, -0.2) is 13.5 Å². The fraction of sp³-hybridized carbons (Fsp3) is 0.0769. The van der Waals surface area contributed by atoms with Gasteiger partial charge in [0.15, 0.2) is 0 Å². The maximum absolute atomic E-state index is 13.2. The minimum absolute atomic E-state index is 0.277. The van der Waals surface area contributed by atoms with E-state index in [4.69, 9.17) is 0 Å². The first kappa shape index (κ1) is 14.3. The summed E-state index contributed by atoms with van der Waals surface area (Å²) < 4.78 is 52.5. The molecule has 0 radical (unpaired) electrons. The van der Waals surface area contributed by atoms with Crippen LogP contribution in [0.5, 0.6) is 5.75 Å². The fourth-order valence-corrected chi connectivity index (χ4v) is 2.98. The molecule has 0 saturated carbocycles. The predicted molar refractivity (Wildman–Crippen MR) is 70.0 cm³/mol. The van der Waals surface area contributed by atoms with Gasteiger partial charge in [-0.3, -0.25) is 4.72 Å². The summed E-state index contributed by atoms with van der Waals surface area (Å²) in [4.78, 5) is -0.277. The van der Waals surface area contributed by atoms with E-state index in [0.717, 1.165) is 30.3 Å². The van der Waals surface area contributed by atoms with Crippen molar-refractivity contribution in [2.24, 2.45) is 0 Å². The Morgan fingerprint density at radius 1 is 1.05 bits per heavy atom. The van der Waals surface area contributed by atoms with Crippen molar-refractivity contribution in [1.82, 2.24) is 0 Å². The number of hydrogen-bond donors (Lipinski definition) is 2. The Bertz CT molecular complexity index is 760. The Morgan fingerprint density at radius 3 is 2.35 bits per heavy atom. The highest BCUT2D eigenvalue weighted by atomic mass is 32.2. The molecule has 4 nitrogen and oxygen atoms in total. The average molecular weight is 299 g/mol. The van der Waals surface area contributed by atoms with E-state index in [9.17, 15) is 22.3 Å². The van der Waals surface area contributed by atoms with E-state index in [2.05, 4.69) is 0 Å². The molecule has 106 valence electrons. The predicted octanol–water partition coefficient (Wildman–Crippen LogP) is 2.78. The molecule has 0 unspecified atom stereocenters. The normalized spacial score (nSPS) is 11.3. The van der Waals surface area contributed by atoms with E-state index >= 15 is 0 Å². The van der Waals surface area contributed by atoms with Gasteiger partial charge in [-0.15, -0.1) is 0 Å². The zero-order valence-corrected chi connectivity index (χ0v) is 11.2. The van der Waals surface area contributed by atoms with Crippen LogP contribution in [0.3, 0.4) is 0 Å². The Balaban J connectivity index is 2.46. The largest absolute Gasteiger partial charge is 0.506 e. The summed E-state index contributed by atoms with van der Waals surface area (Å²) in [6.45, 7) is 1.50. The van der Waals surface area contributed by atoms with Gasteiger partial charge in [-0.05, 0) is 36.8 Å². The standard InChI is InChI=1S/C13H11F2NO3S/c1-8-2-3-10(15)7-13(8)20(18,19)16-11-6-9(14)4-5-12(11)17/h2-7,16-17H,1H3. The minimum atomic E-state index is -4.12. The third kappa shape index (κ3) is 2.88. The first-order chi connectivity index (χ1) is 9.29. The molecule has 0 aliphatic rings. The lowest BCUT2D eigenvalue weighted by molar-refractivity contribution is 0.475. The molecule has 0 amide bonds. The average Bonchev–Trinajstić information content (AvgIpc) is 2.36. The highest BCUT2D eigenvalue weighted by molar-refractivity contribution is 7.92. The molecule has 2 aromatic carbocycles. The number of anilines is 1. The van der Waals surface area contributed by atoms with Gasteiger partial charge in [-0.1, -0.05) is 6.07 Å². The Kier molecular flexibility index (Phi) is 3.63. The second-order valence-corrected chi connectivity index (χ2v) is 5.83. The molecule has 0 bridgehead atoms. The van der Waals surface area contributed by atoms with Gasteiger partial charge in [0.25, 0.3) is 10.0 Å². The van der Waals surface area contributed by atoms with Crippen LogP contribution in [0.4, 0.5) is 14.5 Å². The van der Waals surface area contributed by atoms with Gasteiger partial charge in [0.1, 0.15) is 17.4 Å². The Labute approximate surface area is 114 Å². The molecular weight excluding hydrogens is 288 g/mol. The van der Waals surface area contributed by atoms with Crippen LogP contribution >= 0.6 is 0 Å². The Morgan fingerprint density at radius 2 is 1.65 bits per heavy atom. The first-order valence-corrected chi connectivity index (χ1v) is 7.05. The number of nitrogens with one attached hydrogen (secondary N) is 1. The topological polar surface area (TPSA) is 66.4 Å². The quantitative estimate of drug-likeness (QED) is 0.856. The summed E-state index contributed by atoms with van der Waals surface area (Å²) in [5.74, 6) is -1.85. The Hall–Kier alpha value is -2.15. The summed E-state index contributed by atoms with van der Waals surface area (Å²) >= 11 is 0. The highest BCUT2D eigenvalue weighted by Gasteiger charge is 2.19. The molecule has 0 fully saturated rings. The van der Waals surface area contributed by atoms with Gasteiger partial charge in [0.2, 0.25) is 0 Å². The zero-order chi connectivity index (χ0) is 14.9. The highest BCUT2D eigenvalue weighted by Crippen LogP contribution is 2.27. The van der Waals surface area contributed by atoms with Gasteiger partial charge in [-0.25, -0.2) is 17.2 Å². The van der Waals surface area contributed by atoms with Crippen LogP contribution < -0.4 is 4.72 Å². The number of aryl methyl sites for hydroxylation is 1. The van der Waals surface area contributed by atoms with Crippen LogP contribution in [0.2, 0.25) is 0 Å². The summed E-state index contributed by atoms with van der Waals surface area (Å²) in [7, 11) is -4.12. The number of aromatic hydroxyl groups is 1. The number of phenolic OH excluding ortho intramolecular Hbond substituents is 1. The van der Waals surface area contributed by atoms with Crippen molar-refractivity contribution < 1.29 is 22.3 Å². The SMILES string of the molecule is Cc1ccc(F)cc1S(=O)(=O)Nc1cc(F)ccc1O. The van der Waals surface area contributed by atoms with Crippen LogP contribution in [0.1, 0.15) is 5.56 Å². The molecule has 2 aromatic rings. The molecule has 0 aliphatic heterocycles. The molecule has 0 heterocycles. The summed E-state index contributed by atoms with van der Waals surface area (Å²) in [6, 6.07) is 6.14. The lowest BCUT2D eigenvalue weighted by atomic mass is 10.2. The number of hydrogen-bond acceptors (Lipinski definition) is 3. The van der Waals surface area contributed by atoms with Crippen LogP contribution in [-0.2, 0) is 10.0 Å². The number of rotatable bonds is 3. The molecule has 0 saturated heterocycles. The van der Waals surface area contributed by atoms with Gasteiger partial charge in [0.05, 0.1) is 10.6 Å². The third-order valence-corrected chi connectivity index (χ3v) is 4.15. The van der Waals surface area contributed by atoms with Gasteiger partial charge in [0, 0.05) is 6.07 Å². The molecular formula is C13H11F2NO3S. The molecule has 2 rings (SSSR count). The van der Waals surface area contributed by atoms with E-state index in [-0.39, 0.29) is 10.6 Å². The zero-order valence-electron chi connectivity index (χ0n) is 10.4. The lowest BCUT2D eigenvalue weighted by Crippen LogP contribution is -2.14. The van der Waals surface area contributed by atoms with E-state index in [1.54, 1.807) is 0 Å². The molecule has 20 heavy (non-hydrogen) atoms. The van der Waals surface area contributed by atoms with E-state index in [1.165, 1.54) is 13.0 Å². The van der Waals surface area contributed by atoms with Gasteiger partial charge in [-0.2, -0.15) is 0 Å². The summed E-state index contributed by atoms with van der Waals surface area (Å²) in [6.07, 6.45) is 0. The van der Waals surface area contributed by atoms with Gasteiger partial charge < -0.3 is 5.11 Å². The molecule has 0 atom stereocenters. The monoisotopic (exact) mass is 299 g/mol. The second kappa shape index (κ2) is 5.09. The van der Waals surface area contributed by atoms with Crippen molar-refractivity contribution in [3.8, 4) is 5.75 Å². The number of sulfonamides is 1. The number of halogens is 2. The number of phenols is 1. The molecule has 0 aromatic heterocycles. The van der Waals surface area contributed by atoms with Crippen molar-refractivity contribution >= 4 is 15.7 Å². The van der Waals surface area contributed by atoms with E-state index < -0.39 is 27.4 Å². The van der Waals surface area contributed by atoms with E-state index in [0.29, 0.717) is 5.56 Å². The fourth-order valence-electron chi connectivity index (χ4n) is 1.65. The number of benzene rings is 2. The van der Waals surface area contributed by atoms with E-state index in [1.807, 2.05) is 4.72 Å². The lowest BCUT2D eigenvalue weighted by Gasteiger charge is -2.11. The van der Waals surface area contributed by atoms with Crippen LogP contribution in [0.15, 0.2) is 41.3 Å². The molecule has 7 heteroatoms. The van der Waals surface area contributed by atoms with Crippen molar-refractivity contribution in [2.75, 3.05) is 4.72 Å². The maximum Gasteiger partial charge on any atom is 0.262 e. The molecule has 0 spiro atoms. The van der Waals surface area contributed by atoms with Crippen molar-refractivity contribution in [2.45, 2.75) is 11.8 Å². The van der Waals surface area contributed by atoms with Crippen molar-refractivity contribution in [3.63, 3.8) is 0 Å². The molecule has 0 aliphatic carbocycles. The first-order valence-electron chi connectivity index (χ1n) is 5.57. The van der Waals surface area contributed by atoms with Crippen LogP contribution in [0.25, 0.3) is 0 Å². The van der Waals surface area contributed by atoms with Crippen LogP contribution in [0, 0.1) is 18.6 Å². The van der Waals surface area contributed by atoms with Crippen molar-refractivity contribution in [3.05, 3.63) is 53.6 Å². The minimum Gasteiger partial charge on any atom is -0.506 e. The third-order valence-electron chi connectivity index (χ3n) is 2.64. The summed E-state index contributed by atoms with van der Waals surface area (Å²) in [5, 5.41) is 9.50. The van der Waals surface area contributed by atoms with Gasteiger partial charge >= 0.3 is 0 Å². The molecule has 2 N–H and O–H groups in total. The van der Waals surface area contributed by atoms with Crippen molar-refractivity contribution in [1.29, 1.82) is 0 Å². The second-order valence-electron chi connectivity index (χ2n) is 4.18.